The highest BCUT2D eigenvalue weighted by molar-refractivity contribution is 8.00. The molecule has 0 saturated carbocycles. The lowest BCUT2D eigenvalue weighted by Gasteiger charge is -2.13. The molecule has 2 aromatic carbocycles. The van der Waals surface area contributed by atoms with Gasteiger partial charge in [0.1, 0.15) is 11.4 Å². The third-order valence-corrected chi connectivity index (χ3v) is 4.83. The molecule has 1 unspecified atom stereocenters. The van der Waals surface area contributed by atoms with Crippen molar-refractivity contribution in [1.29, 1.82) is 0 Å². The maximum atomic E-state index is 12.4. The van der Waals surface area contributed by atoms with Crippen LogP contribution in [0, 0.1) is 0 Å². The van der Waals surface area contributed by atoms with Crippen molar-refractivity contribution < 1.29 is 9.53 Å². The van der Waals surface area contributed by atoms with Gasteiger partial charge in [0.05, 0.1) is 11.9 Å². The molecule has 1 heterocycles. The Morgan fingerprint density at radius 2 is 1.93 bits per heavy atom. The van der Waals surface area contributed by atoms with Gasteiger partial charge in [0, 0.05) is 6.54 Å². The molecule has 1 aromatic heterocycles. The van der Waals surface area contributed by atoms with Crippen LogP contribution in [0.5, 0.6) is 5.75 Å². The molecule has 0 saturated heterocycles. The monoisotopic (exact) mass is 383 g/mol. The van der Waals surface area contributed by atoms with E-state index in [2.05, 4.69) is 20.8 Å². The van der Waals surface area contributed by atoms with E-state index in [0.29, 0.717) is 24.1 Å². The Kier molecular flexibility index (Phi) is 6.43. The summed E-state index contributed by atoms with van der Waals surface area (Å²) in [5.41, 5.74) is 1.79. The van der Waals surface area contributed by atoms with Crippen LogP contribution >= 0.6 is 11.8 Å². The van der Waals surface area contributed by atoms with E-state index in [1.165, 1.54) is 11.8 Å². The molecule has 1 N–H and O–H groups in total. The van der Waals surface area contributed by atoms with Gasteiger partial charge in [-0.2, -0.15) is 4.68 Å². The van der Waals surface area contributed by atoms with Gasteiger partial charge < -0.3 is 10.1 Å². The molecule has 0 aliphatic carbocycles. The number of amides is 1. The minimum absolute atomic E-state index is 0.0727. The molecule has 3 rings (SSSR count). The van der Waals surface area contributed by atoms with Crippen LogP contribution < -0.4 is 10.1 Å². The van der Waals surface area contributed by atoms with Crippen LogP contribution in [0.25, 0.3) is 5.69 Å². The van der Waals surface area contributed by atoms with E-state index >= 15 is 0 Å². The fraction of sp³-hybridized carbons (Fsp3) is 0.263. The molecular formula is C19H21N5O2S. The summed E-state index contributed by atoms with van der Waals surface area (Å²) in [5.74, 6) is 0.617. The van der Waals surface area contributed by atoms with E-state index in [1.54, 1.807) is 4.68 Å². The van der Waals surface area contributed by atoms with Crippen molar-refractivity contribution in [3.63, 3.8) is 0 Å². The van der Waals surface area contributed by atoms with Crippen LogP contribution in [0.2, 0.25) is 0 Å². The molecule has 0 aliphatic heterocycles. The second-order valence-electron chi connectivity index (χ2n) is 5.74. The zero-order chi connectivity index (χ0) is 19.1. The summed E-state index contributed by atoms with van der Waals surface area (Å²) in [6.07, 6.45) is 0. The molecule has 1 amide bonds. The average Bonchev–Trinajstić information content (AvgIpc) is 3.15. The highest BCUT2D eigenvalue weighted by Crippen LogP contribution is 2.27. The van der Waals surface area contributed by atoms with Gasteiger partial charge in [0.25, 0.3) is 0 Å². The van der Waals surface area contributed by atoms with Crippen molar-refractivity contribution in [1.82, 2.24) is 25.5 Å². The van der Waals surface area contributed by atoms with Gasteiger partial charge in [0.15, 0.2) is 0 Å². The largest absolute Gasteiger partial charge is 0.492 e. The lowest BCUT2D eigenvalue weighted by atomic mass is 10.2. The standard InChI is InChI=1S/C19H21N5O2S/c1-3-26-17-12-8-7-11-16(17)24-19(21-22-23-24)27-14(2)18(25)20-13-15-9-5-4-6-10-15/h4-12,14H,3,13H2,1-2H3,(H,20,25). The van der Waals surface area contributed by atoms with Gasteiger partial charge in [-0.25, -0.2) is 0 Å². The number of carbonyl (C=O) groups is 1. The molecule has 0 radical (unpaired) electrons. The second kappa shape index (κ2) is 9.18. The van der Waals surface area contributed by atoms with Crippen LogP contribution in [-0.4, -0.2) is 38.0 Å². The molecule has 0 bridgehead atoms. The fourth-order valence-electron chi connectivity index (χ4n) is 2.45. The van der Waals surface area contributed by atoms with Crippen molar-refractivity contribution in [3.8, 4) is 11.4 Å². The van der Waals surface area contributed by atoms with Crippen LogP contribution in [-0.2, 0) is 11.3 Å². The summed E-state index contributed by atoms with van der Waals surface area (Å²) in [4.78, 5) is 12.4. The quantitative estimate of drug-likeness (QED) is 0.603. The SMILES string of the molecule is CCOc1ccccc1-n1nnnc1SC(C)C(=O)NCc1ccccc1. The van der Waals surface area contributed by atoms with E-state index in [0.717, 1.165) is 11.3 Å². The van der Waals surface area contributed by atoms with Crippen molar-refractivity contribution in [2.24, 2.45) is 0 Å². The first-order chi connectivity index (χ1) is 13.2. The first-order valence-electron chi connectivity index (χ1n) is 8.68. The summed E-state index contributed by atoms with van der Waals surface area (Å²) >= 11 is 1.30. The summed E-state index contributed by atoms with van der Waals surface area (Å²) < 4.78 is 7.24. The number of carbonyl (C=O) groups excluding carboxylic acids is 1. The van der Waals surface area contributed by atoms with E-state index in [4.69, 9.17) is 4.74 Å². The average molecular weight is 383 g/mol. The molecule has 0 spiro atoms. The summed E-state index contributed by atoms with van der Waals surface area (Å²) in [6, 6.07) is 17.3. The van der Waals surface area contributed by atoms with Gasteiger partial charge in [-0.1, -0.05) is 54.2 Å². The van der Waals surface area contributed by atoms with Crippen LogP contribution in [0.4, 0.5) is 0 Å². The molecule has 8 heteroatoms. The van der Waals surface area contributed by atoms with E-state index < -0.39 is 0 Å². The Hall–Kier alpha value is -2.87. The van der Waals surface area contributed by atoms with Crippen molar-refractivity contribution in [3.05, 3.63) is 60.2 Å². The smallest absolute Gasteiger partial charge is 0.233 e. The van der Waals surface area contributed by atoms with Crippen LogP contribution in [0.3, 0.4) is 0 Å². The van der Waals surface area contributed by atoms with Crippen molar-refractivity contribution in [2.45, 2.75) is 30.8 Å². The highest BCUT2D eigenvalue weighted by atomic mass is 32.2. The van der Waals surface area contributed by atoms with Gasteiger partial charge >= 0.3 is 0 Å². The number of ether oxygens (including phenoxy) is 1. The number of rotatable bonds is 8. The first-order valence-corrected chi connectivity index (χ1v) is 9.56. The molecule has 27 heavy (non-hydrogen) atoms. The van der Waals surface area contributed by atoms with E-state index in [1.807, 2.05) is 68.4 Å². The van der Waals surface area contributed by atoms with Crippen molar-refractivity contribution >= 4 is 17.7 Å². The molecule has 7 nitrogen and oxygen atoms in total. The number of thioether (sulfide) groups is 1. The molecular weight excluding hydrogens is 362 g/mol. The number of hydrogen-bond donors (Lipinski definition) is 1. The maximum Gasteiger partial charge on any atom is 0.233 e. The lowest BCUT2D eigenvalue weighted by molar-refractivity contribution is -0.120. The number of tetrazole rings is 1. The zero-order valence-electron chi connectivity index (χ0n) is 15.2. The summed E-state index contributed by atoms with van der Waals surface area (Å²) in [5, 5.41) is 15.0. The third kappa shape index (κ3) is 4.85. The Labute approximate surface area is 162 Å². The maximum absolute atomic E-state index is 12.4. The van der Waals surface area contributed by atoms with Gasteiger partial charge in [-0.15, -0.1) is 5.10 Å². The van der Waals surface area contributed by atoms with Crippen LogP contribution in [0.1, 0.15) is 19.4 Å². The Balaban J connectivity index is 1.68. The number of hydrogen-bond acceptors (Lipinski definition) is 6. The number of para-hydroxylation sites is 2. The topological polar surface area (TPSA) is 81.9 Å². The number of aromatic nitrogens is 4. The van der Waals surface area contributed by atoms with Gasteiger partial charge in [-0.05, 0) is 42.0 Å². The predicted molar refractivity (Wildman–Crippen MR) is 104 cm³/mol. The number of nitrogens with zero attached hydrogens (tertiary/aromatic N) is 4. The van der Waals surface area contributed by atoms with Gasteiger partial charge in [-0.3, -0.25) is 4.79 Å². The van der Waals surface area contributed by atoms with E-state index in [-0.39, 0.29) is 11.2 Å². The normalized spacial score (nSPS) is 11.8. The molecule has 0 aliphatic rings. The molecule has 140 valence electrons. The molecule has 1 atom stereocenters. The second-order valence-corrected chi connectivity index (χ2v) is 7.05. The zero-order valence-corrected chi connectivity index (χ0v) is 16.0. The molecule has 0 fully saturated rings. The van der Waals surface area contributed by atoms with E-state index in [9.17, 15) is 4.79 Å². The summed E-state index contributed by atoms with van der Waals surface area (Å²) in [6.45, 7) is 4.78. The minimum Gasteiger partial charge on any atom is -0.492 e. The van der Waals surface area contributed by atoms with Crippen molar-refractivity contribution in [2.75, 3.05) is 6.61 Å². The number of nitrogens with one attached hydrogen (secondary N) is 1. The fourth-order valence-corrected chi connectivity index (χ4v) is 3.28. The van der Waals surface area contributed by atoms with Crippen LogP contribution in [0.15, 0.2) is 59.8 Å². The first kappa shape index (κ1) is 18.9. The Morgan fingerprint density at radius 1 is 1.19 bits per heavy atom. The summed E-state index contributed by atoms with van der Waals surface area (Å²) in [7, 11) is 0. The lowest BCUT2D eigenvalue weighted by Crippen LogP contribution is -2.30. The molecule has 3 aromatic rings. The minimum atomic E-state index is -0.349. The highest BCUT2D eigenvalue weighted by Gasteiger charge is 2.20. The predicted octanol–water partition coefficient (Wildman–Crippen LogP) is 2.86. The van der Waals surface area contributed by atoms with Gasteiger partial charge in [0.2, 0.25) is 11.1 Å². The third-order valence-electron chi connectivity index (χ3n) is 3.80. The Bertz CT molecular complexity index is 885. The number of benzene rings is 2. The Morgan fingerprint density at radius 3 is 2.70 bits per heavy atom.